The van der Waals surface area contributed by atoms with Crippen LogP contribution < -0.4 is 5.32 Å². The van der Waals surface area contributed by atoms with E-state index < -0.39 is 0 Å². The highest BCUT2D eigenvalue weighted by Crippen LogP contribution is 2.14. The van der Waals surface area contributed by atoms with E-state index in [1.165, 1.54) is 11.8 Å². The number of nitrogens with zero attached hydrogens (tertiary/aromatic N) is 1. The molecule has 6 heteroatoms. The van der Waals surface area contributed by atoms with E-state index in [4.69, 9.17) is 4.74 Å². The van der Waals surface area contributed by atoms with Gasteiger partial charge in [0, 0.05) is 18.8 Å². The second-order valence-electron chi connectivity index (χ2n) is 5.97. The summed E-state index contributed by atoms with van der Waals surface area (Å²) in [6, 6.07) is 7.66. The first-order valence-electron chi connectivity index (χ1n) is 7.81. The summed E-state index contributed by atoms with van der Waals surface area (Å²) in [6.45, 7) is 7.17. The van der Waals surface area contributed by atoms with E-state index in [1.807, 2.05) is 49.9 Å². The van der Waals surface area contributed by atoms with Crippen LogP contribution in [0.3, 0.4) is 0 Å². The lowest BCUT2D eigenvalue weighted by Crippen LogP contribution is -2.48. The van der Waals surface area contributed by atoms with E-state index in [0.717, 1.165) is 11.3 Å². The smallest absolute Gasteiger partial charge is 0.234 e. The Labute approximate surface area is 141 Å². The maximum atomic E-state index is 12.2. The minimum Gasteiger partial charge on any atom is -0.372 e. The predicted octanol–water partition coefficient (Wildman–Crippen LogP) is 2.30. The van der Waals surface area contributed by atoms with Crippen LogP contribution in [0, 0.1) is 6.92 Å². The standard InChI is InChI=1S/C17H24N2O3S/c1-12-5-4-6-15(7-12)18-16(20)10-23-11-17(21)19-8-13(2)22-14(3)9-19/h4-7,13-14H,8-11H2,1-3H3,(H,18,20)/t13-,14+. The highest BCUT2D eigenvalue weighted by atomic mass is 32.2. The summed E-state index contributed by atoms with van der Waals surface area (Å²) in [5.74, 6) is 0.577. The van der Waals surface area contributed by atoms with Crippen molar-refractivity contribution < 1.29 is 14.3 Å². The van der Waals surface area contributed by atoms with Crippen molar-refractivity contribution in [3.05, 3.63) is 29.8 Å². The summed E-state index contributed by atoms with van der Waals surface area (Å²) in [4.78, 5) is 25.9. The molecule has 1 fully saturated rings. The Morgan fingerprint density at radius 1 is 1.26 bits per heavy atom. The number of carbonyl (C=O) groups is 2. The molecule has 5 nitrogen and oxygen atoms in total. The zero-order valence-electron chi connectivity index (χ0n) is 13.9. The van der Waals surface area contributed by atoms with Gasteiger partial charge in [0.05, 0.1) is 23.7 Å². The molecule has 0 radical (unpaired) electrons. The van der Waals surface area contributed by atoms with Crippen molar-refractivity contribution in [3.8, 4) is 0 Å². The first-order valence-corrected chi connectivity index (χ1v) is 8.97. The summed E-state index contributed by atoms with van der Waals surface area (Å²) in [5.41, 5.74) is 1.89. The number of thioether (sulfide) groups is 1. The van der Waals surface area contributed by atoms with Crippen LogP contribution in [0.1, 0.15) is 19.4 Å². The fourth-order valence-electron chi connectivity index (χ4n) is 2.62. The molecule has 23 heavy (non-hydrogen) atoms. The number of anilines is 1. The van der Waals surface area contributed by atoms with Gasteiger partial charge in [0.2, 0.25) is 11.8 Å². The number of amides is 2. The third kappa shape index (κ3) is 5.88. The molecular formula is C17H24N2O3S. The Hall–Kier alpha value is -1.53. The molecule has 0 saturated carbocycles. The van der Waals surface area contributed by atoms with E-state index in [2.05, 4.69) is 5.32 Å². The quantitative estimate of drug-likeness (QED) is 0.896. The Kier molecular flexibility index (Phi) is 6.47. The maximum Gasteiger partial charge on any atom is 0.234 e. The van der Waals surface area contributed by atoms with E-state index in [1.54, 1.807) is 0 Å². The first-order chi connectivity index (χ1) is 10.9. The fraction of sp³-hybridized carbons (Fsp3) is 0.529. The molecule has 126 valence electrons. The van der Waals surface area contributed by atoms with Crippen molar-refractivity contribution in [2.75, 3.05) is 29.9 Å². The van der Waals surface area contributed by atoms with Crippen molar-refractivity contribution in [2.24, 2.45) is 0 Å². The van der Waals surface area contributed by atoms with E-state index in [-0.39, 0.29) is 29.8 Å². The van der Waals surface area contributed by atoms with Gasteiger partial charge in [-0.25, -0.2) is 0 Å². The van der Waals surface area contributed by atoms with Gasteiger partial charge in [0.15, 0.2) is 0 Å². The number of morpholine rings is 1. The lowest BCUT2D eigenvalue weighted by atomic mass is 10.2. The largest absolute Gasteiger partial charge is 0.372 e. The summed E-state index contributed by atoms with van der Waals surface area (Å²) >= 11 is 1.34. The molecule has 0 spiro atoms. The fourth-order valence-corrected chi connectivity index (χ4v) is 3.34. The number of nitrogens with one attached hydrogen (secondary N) is 1. The Bertz CT molecular complexity index is 555. The Balaban J connectivity index is 1.71. The summed E-state index contributed by atoms with van der Waals surface area (Å²) < 4.78 is 5.62. The SMILES string of the molecule is Cc1cccc(NC(=O)CSCC(=O)N2C[C@@H](C)O[C@@H](C)C2)c1. The summed E-state index contributed by atoms with van der Waals surface area (Å²) in [7, 11) is 0. The Morgan fingerprint density at radius 2 is 1.96 bits per heavy atom. The summed E-state index contributed by atoms with van der Waals surface area (Å²) in [5, 5.41) is 2.85. The van der Waals surface area contributed by atoms with Crippen LogP contribution in [0.4, 0.5) is 5.69 Å². The van der Waals surface area contributed by atoms with Gasteiger partial charge in [-0.05, 0) is 38.5 Å². The van der Waals surface area contributed by atoms with Crippen LogP contribution in [-0.4, -0.2) is 53.5 Å². The highest BCUT2D eigenvalue weighted by Gasteiger charge is 2.25. The molecule has 1 aromatic carbocycles. The molecule has 2 atom stereocenters. The number of hydrogen-bond donors (Lipinski definition) is 1. The van der Waals surface area contributed by atoms with Gasteiger partial charge in [-0.1, -0.05) is 12.1 Å². The molecule has 1 aliphatic heterocycles. The second kappa shape index (κ2) is 8.36. The van der Waals surface area contributed by atoms with Gasteiger partial charge in [0.25, 0.3) is 0 Å². The average Bonchev–Trinajstić information content (AvgIpc) is 2.46. The van der Waals surface area contributed by atoms with Crippen molar-refractivity contribution in [2.45, 2.75) is 33.0 Å². The van der Waals surface area contributed by atoms with Gasteiger partial charge in [0.1, 0.15) is 0 Å². The van der Waals surface area contributed by atoms with Crippen LogP contribution in [0.25, 0.3) is 0 Å². The molecule has 0 aromatic heterocycles. The van der Waals surface area contributed by atoms with Crippen molar-refractivity contribution in [3.63, 3.8) is 0 Å². The van der Waals surface area contributed by atoms with Crippen LogP contribution in [0.5, 0.6) is 0 Å². The number of hydrogen-bond acceptors (Lipinski definition) is 4. The maximum absolute atomic E-state index is 12.2. The van der Waals surface area contributed by atoms with Crippen LogP contribution >= 0.6 is 11.8 Å². The molecule has 1 heterocycles. The molecular weight excluding hydrogens is 312 g/mol. The predicted molar refractivity (Wildman–Crippen MR) is 93.7 cm³/mol. The van der Waals surface area contributed by atoms with Gasteiger partial charge >= 0.3 is 0 Å². The molecule has 0 aliphatic carbocycles. The molecule has 2 amide bonds. The molecule has 1 aromatic rings. The third-order valence-electron chi connectivity index (χ3n) is 3.53. The number of ether oxygens (including phenoxy) is 1. The zero-order chi connectivity index (χ0) is 16.8. The van der Waals surface area contributed by atoms with Crippen molar-refractivity contribution >= 4 is 29.3 Å². The van der Waals surface area contributed by atoms with E-state index >= 15 is 0 Å². The van der Waals surface area contributed by atoms with Gasteiger partial charge in [-0.3, -0.25) is 9.59 Å². The van der Waals surface area contributed by atoms with Crippen molar-refractivity contribution in [1.82, 2.24) is 4.90 Å². The molecule has 0 unspecified atom stereocenters. The number of benzene rings is 1. The van der Waals surface area contributed by atoms with Crippen LogP contribution in [0.2, 0.25) is 0 Å². The third-order valence-corrected chi connectivity index (χ3v) is 4.45. The van der Waals surface area contributed by atoms with Crippen molar-refractivity contribution in [1.29, 1.82) is 0 Å². The van der Waals surface area contributed by atoms with E-state index in [9.17, 15) is 9.59 Å². The van der Waals surface area contributed by atoms with Gasteiger partial charge in [-0.2, -0.15) is 0 Å². The lowest BCUT2D eigenvalue weighted by molar-refractivity contribution is -0.140. The minimum absolute atomic E-state index is 0.0670. The molecule has 0 bridgehead atoms. The topological polar surface area (TPSA) is 58.6 Å². The molecule has 2 rings (SSSR count). The number of rotatable bonds is 5. The molecule has 1 N–H and O–H groups in total. The second-order valence-corrected chi connectivity index (χ2v) is 6.95. The van der Waals surface area contributed by atoms with Gasteiger partial charge < -0.3 is 15.0 Å². The summed E-state index contributed by atoms with van der Waals surface area (Å²) in [6.07, 6.45) is 0.134. The average molecular weight is 336 g/mol. The first kappa shape index (κ1) is 17.8. The lowest BCUT2D eigenvalue weighted by Gasteiger charge is -2.35. The molecule has 1 aliphatic rings. The van der Waals surface area contributed by atoms with Crippen LogP contribution in [-0.2, 0) is 14.3 Å². The minimum atomic E-state index is -0.0860. The normalized spacial score (nSPS) is 21.1. The molecule has 1 saturated heterocycles. The van der Waals surface area contributed by atoms with E-state index in [0.29, 0.717) is 18.8 Å². The zero-order valence-corrected chi connectivity index (χ0v) is 14.7. The number of carbonyl (C=O) groups excluding carboxylic acids is 2. The van der Waals surface area contributed by atoms with Gasteiger partial charge in [-0.15, -0.1) is 11.8 Å². The highest BCUT2D eigenvalue weighted by molar-refractivity contribution is 8.00. The number of aryl methyl sites for hydroxylation is 1. The monoisotopic (exact) mass is 336 g/mol. The Morgan fingerprint density at radius 3 is 2.61 bits per heavy atom. The van der Waals surface area contributed by atoms with Crippen LogP contribution in [0.15, 0.2) is 24.3 Å².